The van der Waals surface area contributed by atoms with Crippen LogP contribution < -0.4 is 4.74 Å². The summed E-state index contributed by atoms with van der Waals surface area (Å²) in [7, 11) is 4.11. The van der Waals surface area contributed by atoms with Gasteiger partial charge >= 0.3 is 0 Å². The molecule has 0 amide bonds. The number of rotatable bonds is 8. The molecular weight excluding hydrogens is 483 g/mol. The van der Waals surface area contributed by atoms with Crippen molar-refractivity contribution in [2.75, 3.05) is 14.1 Å². The number of fused-ring (bicyclic) bond motifs is 1. The Hall–Kier alpha value is -3.32. The van der Waals surface area contributed by atoms with Gasteiger partial charge in [0.05, 0.1) is 17.5 Å². The molecule has 0 bridgehead atoms. The molecule has 0 aliphatic carbocycles. The van der Waals surface area contributed by atoms with Crippen LogP contribution in [0.3, 0.4) is 0 Å². The molecule has 180 valence electrons. The Kier molecular flexibility index (Phi) is 7.76. The molecular formula is C27H26Cl2N4O2. The molecule has 0 radical (unpaired) electrons. The lowest BCUT2D eigenvalue weighted by Gasteiger charge is -2.11. The number of imidazole rings is 1. The molecule has 0 aliphatic rings. The highest BCUT2D eigenvalue weighted by atomic mass is 35.5. The first-order chi connectivity index (χ1) is 16.5. The van der Waals surface area contributed by atoms with Crippen LogP contribution in [0.15, 0.2) is 77.4 Å². The second kappa shape index (κ2) is 11.0. The van der Waals surface area contributed by atoms with Crippen LogP contribution in [0.2, 0.25) is 5.02 Å². The highest BCUT2D eigenvalue weighted by molar-refractivity contribution is 6.30. The number of oxazole rings is 1. The number of hydrogen-bond acceptors (Lipinski definition) is 5. The molecule has 6 nitrogen and oxygen atoms in total. The number of hydrogen-bond donors (Lipinski definition) is 1. The van der Waals surface area contributed by atoms with E-state index >= 15 is 0 Å². The van der Waals surface area contributed by atoms with Crippen molar-refractivity contribution < 1.29 is 9.15 Å². The molecule has 8 heteroatoms. The maximum atomic E-state index is 6.27. The highest BCUT2D eigenvalue weighted by Crippen LogP contribution is 2.28. The molecule has 0 saturated carbocycles. The van der Waals surface area contributed by atoms with Crippen LogP contribution in [0.5, 0.6) is 5.75 Å². The minimum absolute atomic E-state index is 0. The van der Waals surface area contributed by atoms with E-state index in [2.05, 4.69) is 46.1 Å². The predicted octanol–water partition coefficient (Wildman–Crippen LogP) is 6.52. The zero-order chi connectivity index (χ0) is 23.5. The van der Waals surface area contributed by atoms with E-state index in [1.54, 1.807) is 6.26 Å². The quantitative estimate of drug-likeness (QED) is 0.258. The summed E-state index contributed by atoms with van der Waals surface area (Å²) in [6, 6.07) is 21.9. The molecule has 0 aliphatic heterocycles. The van der Waals surface area contributed by atoms with E-state index in [1.807, 2.05) is 54.6 Å². The zero-order valence-electron chi connectivity index (χ0n) is 19.5. The van der Waals surface area contributed by atoms with Crippen LogP contribution in [0.25, 0.3) is 22.6 Å². The summed E-state index contributed by atoms with van der Waals surface area (Å²) in [4.78, 5) is 14.8. The van der Waals surface area contributed by atoms with Gasteiger partial charge in [0.15, 0.2) is 11.7 Å². The van der Waals surface area contributed by atoms with Crippen molar-refractivity contribution in [3.63, 3.8) is 0 Å². The maximum absolute atomic E-state index is 6.27. The number of nitrogens with zero attached hydrogens (tertiary/aromatic N) is 3. The molecule has 0 atom stereocenters. The van der Waals surface area contributed by atoms with Gasteiger partial charge in [0.2, 0.25) is 0 Å². The first-order valence-corrected chi connectivity index (χ1v) is 11.4. The molecule has 5 rings (SSSR count). The van der Waals surface area contributed by atoms with Gasteiger partial charge in [-0.3, -0.25) is 0 Å². The zero-order valence-corrected chi connectivity index (χ0v) is 21.1. The fourth-order valence-electron chi connectivity index (χ4n) is 3.87. The minimum Gasteiger partial charge on any atom is -0.489 e. The predicted molar refractivity (Wildman–Crippen MR) is 141 cm³/mol. The molecule has 35 heavy (non-hydrogen) atoms. The summed E-state index contributed by atoms with van der Waals surface area (Å²) in [5, 5.41) is 0.639. The number of halogens is 2. The van der Waals surface area contributed by atoms with Gasteiger partial charge in [-0.2, -0.15) is 0 Å². The third kappa shape index (κ3) is 6.03. The molecule has 2 heterocycles. The van der Waals surface area contributed by atoms with Gasteiger partial charge < -0.3 is 19.0 Å². The highest BCUT2D eigenvalue weighted by Gasteiger charge is 2.14. The van der Waals surface area contributed by atoms with E-state index in [1.165, 1.54) is 5.56 Å². The molecule has 0 saturated heterocycles. The Morgan fingerprint density at radius 3 is 2.60 bits per heavy atom. The average molecular weight is 509 g/mol. The fourth-order valence-corrected chi connectivity index (χ4v) is 4.06. The van der Waals surface area contributed by atoms with Crippen molar-refractivity contribution in [2.45, 2.75) is 19.6 Å². The lowest BCUT2D eigenvalue weighted by molar-refractivity contribution is 0.302. The number of aromatic nitrogens is 3. The lowest BCUT2D eigenvalue weighted by Crippen LogP contribution is -2.10. The monoisotopic (exact) mass is 508 g/mol. The first-order valence-electron chi connectivity index (χ1n) is 11.1. The second-order valence-corrected chi connectivity index (χ2v) is 8.94. The van der Waals surface area contributed by atoms with Gasteiger partial charge in [-0.1, -0.05) is 48.0 Å². The number of ether oxygens (including phenoxy) is 1. The van der Waals surface area contributed by atoms with Gasteiger partial charge in [-0.05, 0) is 55.6 Å². The molecule has 3 aromatic carbocycles. The van der Waals surface area contributed by atoms with Crippen LogP contribution in [-0.4, -0.2) is 33.9 Å². The van der Waals surface area contributed by atoms with E-state index in [9.17, 15) is 0 Å². The molecule has 0 unspecified atom stereocenters. The van der Waals surface area contributed by atoms with Crippen molar-refractivity contribution in [3.05, 3.63) is 101 Å². The second-order valence-electron chi connectivity index (χ2n) is 8.50. The van der Waals surface area contributed by atoms with Crippen LogP contribution in [-0.2, 0) is 19.6 Å². The first kappa shape index (κ1) is 24.8. The Labute approximate surface area is 215 Å². The van der Waals surface area contributed by atoms with Crippen LogP contribution in [0.1, 0.15) is 22.6 Å². The summed E-state index contributed by atoms with van der Waals surface area (Å²) >= 11 is 6.27. The van der Waals surface area contributed by atoms with E-state index < -0.39 is 0 Å². The largest absolute Gasteiger partial charge is 0.489 e. The Morgan fingerprint density at radius 2 is 1.80 bits per heavy atom. The molecule has 1 N–H and O–H groups in total. The van der Waals surface area contributed by atoms with E-state index in [0.29, 0.717) is 35.5 Å². The number of nitrogens with one attached hydrogen (secondary N) is 1. The Bertz CT molecular complexity index is 1410. The van der Waals surface area contributed by atoms with Crippen LogP contribution >= 0.6 is 24.0 Å². The smallest absolute Gasteiger partial charge is 0.199 e. The summed E-state index contributed by atoms with van der Waals surface area (Å²) in [6.45, 7) is 1.34. The maximum Gasteiger partial charge on any atom is 0.199 e. The normalized spacial score (nSPS) is 11.1. The van der Waals surface area contributed by atoms with Crippen molar-refractivity contribution in [2.24, 2.45) is 0 Å². The van der Waals surface area contributed by atoms with Gasteiger partial charge in [0, 0.05) is 17.1 Å². The van der Waals surface area contributed by atoms with Gasteiger partial charge in [0.25, 0.3) is 0 Å². The molecule has 0 spiro atoms. The van der Waals surface area contributed by atoms with Crippen LogP contribution in [0, 0.1) is 0 Å². The van der Waals surface area contributed by atoms with Gasteiger partial charge in [-0.25, -0.2) is 9.97 Å². The number of benzene rings is 3. The van der Waals surface area contributed by atoms with E-state index in [4.69, 9.17) is 20.8 Å². The summed E-state index contributed by atoms with van der Waals surface area (Å²) in [6.07, 6.45) is 2.08. The summed E-state index contributed by atoms with van der Waals surface area (Å²) in [5.74, 6) is 2.00. The number of H-pyrrole nitrogens is 1. The Balaban J connectivity index is 0.00000289. The van der Waals surface area contributed by atoms with Crippen molar-refractivity contribution in [1.82, 2.24) is 19.9 Å². The van der Waals surface area contributed by atoms with E-state index in [0.717, 1.165) is 34.5 Å². The van der Waals surface area contributed by atoms with Crippen molar-refractivity contribution in [3.8, 4) is 17.3 Å². The average Bonchev–Trinajstić information content (AvgIpc) is 3.45. The summed E-state index contributed by atoms with van der Waals surface area (Å²) in [5.41, 5.74) is 5.76. The topological polar surface area (TPSA) is 67.2 Å². The molecule has 2 aromatic heterocycles. The SMILES string of the molecule is CN(C)Cc1ccc2nc(-c3coc(Cc4cc(Cl)ccc4OCc4ccccc4)n3)[nH]c2c1.Cl. The van der Waals surface area contributed by atoms with Crippen molar-refractivity contribution >= 4 is 35.0 Å². The summed E-state index contributed by atoms with van der Waals surface area (Å²) < 4.78 is 11.8. The van der Waals surface area contributed by atoms with E-state index in [-0.39, 0.29) is 12.4 Å². The van der Waals surface area contributed by atoms with Gasteiger partial charge in [0.1, 0.15) is 24.3 Å². The molecule has 5 aromatic rings. The number of aromatic amines is 1. The minimum atomic E-state index is 0. The third-order valence-corrected chi connectivity index (χ3v) is 5.68. The third-order valence-electron chi connectivity index (χ3n) is 5.44. The standard InChI is InChI=1S/C27H25ClN4O2.ClH/c1-32(2)15-19-8-10-22-23(12-19)31-27(30-22)24-17-34-26(29-24)14-20-13-21(28)9-11-25(20)33-16-18-6-4-3-5-7-18;/h3-13,17H,14-16H2,1-2H3,(H,30,31);1H. The fraction of sp³-hybridized carbons (Fsp3) is 0.185. The van der Waals surface area contributed by atoms with Crippen molar-refractivity contribution in [1.29, 1.82) is 0 Å². The molecule has 0 fully saturated rings. The van der Waals surface area contributed by atoms with Crippen LogP contribution in [0.4, 0.5) is 0 Å². The Morgan fingerprint density at radius 1 is 0.971 bits per heavy atom. The lowest BCUT2D eigenvalue weighted by atomic mass is 10.1. The van der Waals surface area contributed by atoms with Gasteiger partial charge in [-0.15, -0.1) is 12.4 Å².